The van der Waals surface area contributed by atoms with Gasteiger partial charge in [0.2, 0.25) is 0 Å². The first-order valence-corrected chi connectivity index (χ1v) is 7.04. The van der Waals surface area contributed by atoms with Gasteiger partial charge in [-0.15, -0.1) is 0 Å². The van der Waals surface area contributed by atoms with Gasteiger partial charge in [0, 0.05) is 5.56 Å². The number of nitrogens with zero attached hydrogens (tertiary/aromatic N) is 1. The molecule has 0 heterocycles. The third-order valence-corrected chi connectivity index (χ3v) is 3.41. The molecule has 0 saturated carbocycles. The second-order valence-corrected chi connectivity index (χ2v) is 4.83. The summed E-state index contributed by atoms with van der Waals surface area (Å²) in [5.74, 6) is 1.11. The van der Waals surface area contributed by atoms with Crippen LogP contribution in [0, 0.1) is 10.1 Å². The predicted octanol–water partition coefficient (Wildman–Crippen LogP) is 4.30. The molecule has 0 saturated heterocycles. The van der Waals surface area contributed by atoms with Crippen molar-refractivity contribution in [1.82, 2.24) is 0 Å². The molecule has 0 amide bonds. The maximum atomic E-state index is 11.2. The number of hydrogen-bond donors (Lipinski definition) is 0. The normalized spacial score (nSPS) is 12.0. The molecule has 1 aromatic carbocycles. The molecule has 0 aliphatic carbocycles. The molecule has 0 unspecified atom stereocenters. The van der Waals surface area contributed by atoms with Crippen LogP contribution in [0.3, 0.4) is 0 Å². The highest BCUT2D eigenvalue weighted by molar-refractivity contribution is 5.55. The smallest absolute Gasteiger partial charge is 0.276 e. The van der Waals surface area contributed by atoms with E-state index in [1.165, 1.54) is 6.07 Å². The molecule has 0 aromatic heterocycles. The lowest BCUT2D eigenvalue weighted by atomic mass is 9.96. The minimum atomic E-state index is -0.354. The van der Waals surface area contributed by atoms with Gasteiger partial charge in [-0.05, 0) is 24.8 Å². The molecule has 0 spiro atoms. The fourth-order valence-electron chi connectivity index (χ4n) is 1.94. The highest BCUT2D eigenvalue weighted by atomic mass is 16.6. The van der Waals surface area contributed by atoms with Crippen LogP contribution in [-0.2, 0) is 0 Å². The van der Waals surface area contributed by atoms with Crippen LogP contribution >= 0.6 is 0 Å². The summed E-state index contributed by atoms with van der Waals surface area (Å²) in [6, 6.07) is 3.21. The number of rotatable bonds is 8. The third kappa shape index (κ3) is 3.85. The number of nitro groups is 1. The van der Waals surface area contributed by atoms with Crippen molar-refractivity contribution in [1.29, 1.82) is 0 Å². The summed E-state index contributed by atoms with van der Waals surface area (Å²) in [5.41, 5.74) is 0.795. The number of ether oxygens (including phenoxy) is 2. The largest absolute Gasteiger partial charge is 0.493 e. The third-order valence-electron chi connectivity index (χ3n) is 3.41. The Labute approximate surface area is 120 Å². The fraction of sp³-hybridized carbons (Fsp3) is 0.600. The van der Waals surface area contributed by atoms with Gasteiger partial charge in [-0.3, -0.25) is 10.1 Å². The van der Waals surface area contributed by atoms with Crippen molar-refractivity contribution in [2.45, 2.75) is 46.0 Å². The van der Waals surface area contributed by atoms with Gasteiger partial charge in [-0.2, -0.15) is 0 Å². The number of unbranched alkanes of at least 4 members (excludes halogenated alkanes) is 1. The van der Waals surface area contributed by atoms with E-state index < -0.39 is 0 Å². The summed E-state index contributed by atoms with van der Waals surface area (Å²) in [6.07, 6.45) is 2.75. The van der Waals surface area contributed by atoms with E-state index in [-0.39, 0.29) is 16.5 Å². The van der Waals surface area contributed by atoms with Crippen LogP contribution in [0.25, 0.3) is 0 Å². The van der Waals surface area contributed by atoms with Gasteiger partial charge in [0.25, 0.3) is 5.69 Å². The summed E-state index contributed by atoms with van der Waals surface area (Å²) in [6.45, 7) is 6.58. The Bertz CT molecular complexity index is 459. The van der Waals surface area contributed by atoms with Crippen molar-refractivity contribution in [2.24, 2.45) is 0 Å². The molecule has 1 atom stereocenters. The van der Waals surface area contributed by atoms with E-state index in [2.05, 4.69) is 6.92 Å². The Balaban J connectivity index is 3.18. The molecule has 0 bridgehead atoms. The van der Waals surface area contributed by atoms with E-state index in [9.17, 15) is 10.1 Å². The Morgan fingerprint density at radius 3 is 2.50 bits per heavy atom. The quantitative estimate of drug-likeness (QED) is 0.405. The van der Waals surface area contributed by atoms with E-state index in [0.717, 1.165) is 19.3 Å². The average Bonchev–Trinajstić information content (AvgIpc) is 2.45. The molecule has 5 nitrogen and oxygen atoms in total. The molecule has 0 radical (unpaired) electrons. The lowest BCUT2D eigenvalue weighted by Gasteiger charge is -2.15. The maximum Gasteiger partial charge on any atom is 0.276 e. The lowest BCUT2D eigenvalue weighted by Crippen LogP contribution is -2.04. The van der Waals surface area contributed by atoms with Crippen molar-refractivity contribution in [2.75, 3.05) is 13.7 Å². The van der Waals surface area contributed by atoms with Crippen molar-refractivity contribution < 1.29 is 14.4 Å². The maximum absolute atomic E-state index is 11.2. The van der Waals surface area contributed by atoms with Crippen LogP contribution in [0.4, 0.5) is 5.69 Å². The summed E-state index contributed by atoms with van der Waals surface area (Å²) in [5, 5.41) is 11.2. The number of hydrogen-bond acceptors (Lipinski definition) is 4. The SMILES string of the molecule is CCCCOc1cc([N+](=O)[O-])c([C@@H](C)CC)cc1OC. The number of benzene rings is 1. The molecule has 20 heavy (non-hydrogen) atoms. The Kier molecular flexibility index (Phi) is 6.28. The zero-order chi connectivity index (χ0) is 15.1. The molecule has 0 aliphatic rings. The zero-order valence-corrected chi connectivity index (χ0v) is 12.6. The Hall–Kier alpha value is -1.78. The van der Waals surface area contributed by atoms with E-state index in [0.29, 0.717) is 23.7 Å². The van der Waals surface area contributed by atoms with Gasteiger partial charge in [0.05, 0.1) is 24.7 Å². The first-order chi connectivity index (χ1) is 9.54. The summed E-state index contributed by atoms with van der Waals surface area (Å²) < 4.78 is 10.9. The molecular weight excluding hydrogens is 258 g/mol. The van der Waals surface area contributed by atoms with Gasteiger partial charge < -0.3 is 9.47 Å². The minimum absolute atomic E-state index is 0.103. The molecule has 0 aliphatic heterocycles. The highest BCUT2D eigenvalue weighted by Crippen LogP contribution is 2.38. The van der Waals surface area contributed by atoms with Gasteiger partial charge in [0.1, 0.15) is 0 Å². The molecular formula is C15H23NO4. The van der Waals surface area contributed by atoms with Gasteiger partial charge >= 0.3 is 0 Å². The van der Waals surface area contributed by atoms with Crippen molar-refractivity contribution in [3.8, 4) is 11.5 Å². The van der Waals surface area contributed by atoms with Crippen LogP contribution < -0.4 is 9.47 Å². The van der Waals surface area contributed by atoms with E-state index in [1.54, 1.807) is 13.2 Å². The monoisotopic (exact) mass is 281 g/mol. The predicted molar refractivity (Wildman–Crippen MR) is 78.8 cm³/mol. The fourth-order valence-corrected chi connectivity index (χ4v) is 1.94. The average molecular weight is 281 g/mol. The first-order valence-electron chi connectivity index (χ1n) is 7.04. The molecule has 0 fully saturated rings. The van der Waals surface area contributed by atoms with Gasteiger partial charge in [0.15, 0.2) is 11.5 Å². The van der Waals surface area contributed by atoms with Gasteiger partial charge in [-0.1, -0.05) is 27.2 Å². The second-order valence-electron chi connectivity index (χ2n) is 4.83. The molecule has 1 rings (SSSR count). The van der Waals surface area contributed by atoms with Gasteiger partial charge in [-0.25, -0.2) is 0 Å². The van der Waals surface area contributed by atoms with Crippen LogP contribution in [0.15, 0.2) is 12.1 Å². The van der Waals surface area contributed by atoms with Crippen molar-refractivity contribution in [3.05, 3.63) is 27.8 Å². The van der Waals surface area contributed by atoms with Crippen molar-refractivity contribution >= 4 is 5.69 Å². The Morgan fingerprint density at radius 1 is 1.30 bits per heavy atom. The minimum Gasteiger partial charge on any atom is -0.493 e. The highest BCUT2D eigenvalue weighted by Gasteiger charge is 2.22. The van der Waals surface area contributed by atoms with Crippen LogP contribution in [0.5, 0.6) is 11.5 Å². The van der Waals surface area contributed by atoms with E-state index >= 15 is 0 Å². The number of methoxy groups -OCH3 is 1. The molecule has 5 heteroatoms. The van der Waals surface area contributed by atoms with Crippen LogP contribution in [0.2, 0.25) is 0 Å². The zero-order valence-electron chi connectivity index (χ0n) is 12.6. The molecule has 112 valence electrons. The van der Waals surface area contributed by atoms with E-state index in [4.69, 9.17) is 9.47 Å². The van der Waals surface area contributed by atoms with E-state index in [1.807, 2.05) is 13.8 Å². The molecule has 0 N–H and O–H groups in total. The topological polar surface area (TPSA) is 61.6 Å². The number of nitro benzene ring substituents is 1. The second kappa shape index (κ2) is 7.72. The summed E-state index contributed by atoms with van der Waals surface area (Å²) in [4.78, 5) is 10.9. The standard InChI is InChI=1S/C15H23NO4/c1-5-7-8-20-15-10-13(16(17)18)12(11(3)6-2)9-14(15)19-4/h9-11H,5-8H2,1-4H3/t11-/m0/s1. The van der Waals surface area contributed by atoms with Crippen LogP contribution in [-0.4, -0.2) is 18.6 Å². The summed E-state index contributed by atoms with van der Waals surface area (Å²) >= 11 is 0. The first kappa shape index (κ1) is 16.3. The van der Waals surface area contributed by atoms with Crippen molar-refractivity contribution in [3.63, 3.8) is 0 Å². The Morgan fingerprint density at radius 2 is 2.00 bits per heavy atom. The van der Waals surface area contributed by atoms with Crippen LogP contribution in [0.1, 0.15) is 51.5 Å². The summed E-state index contributed by atoms with van der Waals surface area (Å²) in [7, 11) is 1.55. The lowest BCUT2D eigenvalue weighted by molar-refractivity contribution is -0.385. The molecule has 1 aromatic rings.